The Balaban J connectivity index is 4.69. The maximum absolute atomic E-state index is 13.2. The second kappa shape index (κ2) is 47.6. The number of hydrogen-bond acceptors (Lipinski definition) is 5. The number of hydrogen-bond donors (Lipinski definition) is 3. The van der Waals surface area contributed by atoms with Gasteiger partial charge in [-0.15, -0.1) is 0 Å². The van der Waals surface area contributed by atoms with Crippen LogP contribution in [0.5, 0.6) is 0 Å². The molecule has 0 rings (SSSR count). The molecule has 3 unspecified atom stereocenters. The van der Waals surface area contributed by atoms with E-state index in [1.807, 2.05) is 6.08 Å². The van der Waals surface area contributed by atoms with Crippen molar-refractivity contribution < 1.29 is 24.5 Å². The van der Waals surface area contributed by atoms with Gasteiger partial charge in [0.1, 0.15) is 6.10 Å². The third-order valence-electron chi connectivity index (χ3n) is 11.4. The average molecular weight is 840 g/mol. The minimum Gasteiger partial charge on any atom is -0.462 e. The summed E-state index contributed by atoms with van der Waals surface area (Å²) in [5.74, 6) is -0.522. The molecule has 0 saturated carbocycles. The molecule has 0 heterocycles. The monoisotopic (exact) mass is 840 g/mol. The van der Waals surface area contributed by atoms with Crippen molar-refractivity contribution in [2.45, 2.75) is 264 Å². The van der Waals surface area contributed by atoms with Gasteiger partial charge in [0.2, 0.25) is 5.91 Å². The molecule has 0 aromatic heterocycles. The van der Waals surface area contributed by atoms with Crippen molar-refractivity contribution in [3.8, 4) is 0 Å². The van der Waals surface area contributed by atoms with E-state index in [1.165, 1.54) is 122 Å². The van der Waals surface area contributed by atoms with E-state index in [0.717, 1.165) is 77.0 Å². The maximum atomic E-state index is 13.2. The second-order valence-corrected chi connectivity index (χ2v) is 17.3. The number of ether oxygens (including phenoxy) is 1. The molecule has 0 aliphatic rings. The Morgan fingerprint density at radius 3 is 1.38 bits per heavy atom. The topological polar surface area (TPSA) is 95.9 Å². The molecule has 0 aliphatic heterocycles. The van der Waals surface area contributed by atoms with E-state index in [0.29, 0.717) is 19.3 Å². The van der Waals surface area contributed by atoms with Crippen molar-refractivity contribution in [3.05, 3.63) is 60.8 Å². The summed E-state index contributed by atoms with van der Waals surface area (Å²) in [5.41, 5.74) is 0. The SMILES string of the molecule is CCCCC/C=C\CCCCCCCC(=O)OC(CCCCC/C=C/C=C/C=C/C=C/CCCCC)CC(=O)NC(CO)C(O)CCCCCCCCCCCCCCC. The molecule has 6 nitrogen and oxygen atoms in total. The van der Waals surface area contributed by atoms with Gasteiger partial charge in [0, 0.05) is 6.42 Å². The van der Waals surface area contributed by atoms with Crippen molar-refractivity contribution in [2.75, 3.05) is 6.61 Å². The van der Waals surface area contributed by atoms with Crippen molar-refractivity contribution in [1.82, 2.24) is 5.32 Å². The molecule has 0 fully saturated rings. The summed E-state index contributed by atoms with van der Waals surface area (Å²) >= 11 is 0. The molecule has 3 N–H and O–H groups in total. The fourth-order valence-electron chi connectivity index (χ4n) is 7.49. The second-order valence-electron chi connectivity index (χ2n) is 17.3. The van der Waals surface area contributed by atoms with Crippen LogP contribution in [0.25, 0.3) is 0 Å². The number of rotatable bonds is 45. The number of carbonyl (C=O) groups is 2. The standard InChI is InChI=1S/C54H97NO5/c1-4-7-10-13-16-19-22-25-26-27-29-30-33-36-39-42-45-50(60-54(59)47-44-41-38-35-32-24-21-18-15-12-9-6-3)48-53(58)55-51(49-56)52(57)46-43-40-37-34-31-28-23-20-17-14-11-8-5-2/h16,18-19,21-22,25-27,29-30,50-52,56-57H,4-15,17,20,23-24,28,31-49H2,1-3H3,(H,55,58)/b19-16+,21-18-,25-22+,27-26+,30-29+. The number of allylic oxidation sites excluding steroid dienone is 10. The minimum atomic E-state index is -0.800. The molecule has 0 bridgehead atoms. The van der Waals surface area contributed by atoms with Gasteiger partial charge in [0.05, 0.1) is 25.2 Å². The third kappa shape index (κ3) is 42.3. The lowest BCUT2D eigenvalue weighted by molar-refractivity contribution is -0.151. The fraction of sp³-hybridized carbons (Fsp3) is 0.778. The van der Waals surface area contributed by atoms with Crippen LogP contribution in [0.2, 0.25) is 0 Å². The van der Waals surface area contributed by atoms with Gasteiger partial charge in [-0.25, -0.2) is 0 Å². The number of nitrogens with one attached hydrogen (secondary N) is 1. The number of esters is 1. The van der Waals surface area contributed by atoms with E-state index in [9.17, 15) is 19.8 Å². The van der Waals surface area contributed by atoms with Gasteiger partial charge in [-0.05, 0) is 77.0 Å². The predicted octanol–water partition coefficient (Wildman–Crippen LogP) is 15.2. The summed E-state index contributed by atoms with van der Waals surface area (Å²) in [6, 6.07) is -0.717. The highest BCUT2D eigenvalue weighted by Gasteiger charge is 2.24. The quantitative estimate of drug-likeness (QED) is 0.0246. The van der Waals surface area contributed by atoms with Gasteiger partial charge in [0.15, 0.2) is 0 Å². The Bertz CT molecular complexity index is 1080. The maximum Gasteiger partial charge on any atom is 0.306 e. The van der Waals surface area contributed by atoms with Crippen molar-refractivity contribution >= 4 is 11.9 Å². The summed E-state index contributed by atoms with van der Waals surface area (Å²) in [7, 11) is 0. The van der Waals surface area contributed by atoms with Gasteiger partial charge in [0.25, 0.3) is 0 Å². The zero-order chi connectivity index (χ0) is 43.8. The molecule has 0 radical (unpaired) electrons. The van der Waals surface area contributed by atoms with E-state index in [1.54, 1.807) is 0 Å². The molecule has 60 heavy (non-hydrogen) atoms. The molecule has 0 aromatic rings. The van der Waals surface area contributed by atoms with Gasteiger partial charge in [-0.2, -0.15) is 0 Å². The largest absolute Gasteiger partial charge is 0.462 e. The minimum absolute atomic E-state index is 0.0474. The number of amides is 1. The van der Waals surface area contributed by atoms with E-state index < -0.39 is 18.2 Å². The van der Waals surface area contributed by atoms with Gasteiger partial charge in [-0.1, -0.05) is 216 Å². The molecular formula is C54H97NO5. The number of carbonyl (C=O) groups excluding carboxylic acids is 2. The first kappa shape index (κ1) is 57.6. The lowest BCUT2D eigenvalue weighted by Crippen LogP contribution is -2.46. The molecular weight excluding hydrogens is 743 g/mol. The van der Waals surface area contributed by atoms with Crippen LogP contribution in [-0.4, -0.2) is 46.9 Å². The molecule has 6 heteroatoms. The zero-order valence-corrected chi connectivity index (χ0v) is 39.6. The van der Waals surface area contributed by atoms with Crippen LogP contribution in [-0.2, 0) is 14.3 Å². The molecule has 0 aromatic carbocycles. The number of unbranched alkanes of at least 4 members (excludes halogenated alkanes) is 26. The van der Waals surface area contributed by atoms with Crippen molar-refractivity contribution in [1.29, 1.82) is 0 Å². The van der Waals surface area contributed by atoms with Gasteiger partial charge in [-0.3, -0.25) is 9.59 Å². The molecule has 0 saturated heterocycles. The molecule has 3 atom stereocenters. The van der Waals surface area contributed by atoms with Crippen LogP contribution >= 0.6 is 0 Å². The predicted molar refractivity (Wildman–Crippen MR) is 259 cm³/mol. The van der Waals surface area contributed by atoms with Gasteiger partial charge >= 0.3 is 5.97 Å². The summed E-state index contributed by atoms with van der Waals surface area (Å²) in [4.78, 5) is 26.1. The van der Waals surface area contributed by atoms with E-state index in [4.69, 9.17) is 4.74 Å². The lowest BCUT2D eigenvalue weighted by Gasteiger charge is -2.24. The highest BCUT2D eigenvalue weighted by molar-refractivity contribution is 5.77. The number of aliphatic hydroxyl groups excluding tert-OH is 2. The summed E-state index contributed by atoms with van der Waals surface area (Å²) in [6.45, 7) is 6.41. The molecule has 0 spiro atoms. The number of aliphatic hydroxyl groups is 2. The van der Waals surface area contributed by atoms with Crippen LogP contribution in [0.1, 0.15) is 245 Å². The Hall–Kier alpha value is -2.44. The first-order valence-electron chi connectivity index (χ1n) is 25.6. The molecule has 1 amide bonds. The van der Waals surface area contributed by atoms with Crippen LogP contribution < -0.4 is 5.32 Å². The fourth-order valence-corrected chi connectivity index (χ4v) is 7.49. The first-order chi connectivity index (χ1) is 29.5. The normalized spacial score (nSPS) is 13.8. The zero-order valence-electron chi connectivity index (χ0n) is 39.6. The van der Waals surface area contributed by atoms with E-state index in [2.05, 4.69) is 80.8 Å². The third-order valence-corrected chi connectivity index (χ3v) is 11.4. The first-order valence-corrected chi connectivity index (χ1v) is 25.6. The van der Waals surface area contributed by atoms with Crippen LogP contribution in [0.3, 0.4) is 0 Å². The summed E-state index contributed by atoms with van der Waals surface area (Å²) < 4.78 is 5.91. The Morgan fingerprint density at radius 1 is 0.483 bits per heavy atom. The highest BCUT2D eigenvalue weighted by Crippen LogP contribution is 2.17. The Labute approximate surface area is 371 Å². The van der Waals surface area contributed by atoms with Crippen molar-refractivity contribution in [3.63, 3.8) is 0 Å². The van der Waals surface area contributed by atoms with Crippen LogP contribution in [0.15, 0.2) is 60.8 Å². The average Bonchev–Trinajstić information content (AvgIpc) is 3.24. The van der Waals surface area contributed by atoms with E-state index in [-0.39, 0.29) is 24.9 Å². The van der Waals surface area contributed by atoms with Crippen molar-refractivity contribution in [2.24, 2.45) is 0 Å². The van der Waals surface area contributed by atoms with Gasteiger partial charge < -0.3 is 20.3 Å². The van der Waals surface area contributed by atoms with Crippen LogP contribution in [0, 0.1) is 0 Å². The smallest absolute Gasteiger partial charge is 0.306 e. The molecule has 0 aliphatic carbocycles. The van der Waals surface area contributed by atoms with Crippen LogP contribution in [0.4, 0.5) is 0 Å². The Kier molecular flexibility index (Phi) is 45.7. The lowest BCUT2D eigenvalue weighted by atomic mass is 10.0. The summed E-state index contributed by atoms with van der Waals surface area (Å²) in [5, 5.41) is 23.7. The molecule has 348 valence electrons. The Morgan fingerprint density at radius 2 is 0.867 bits per heavy atom. The van der Waals surface area contributed by atoms with E-state index >= 15 is 0 Å². The summed E-state index contributed by atoms with van der Waals surface area (Å²) in [6.07, 6.45) is 58.4. The highest BCUT2D eigenvalue weighted by atomic mass is 16.5.